The predicted molar refractivity (Wildman–Crippen MR) is 12.9 cm³/mol. The van der Waals surface area contributed by atoms with Crippen molar-refractivity contribution in [1.29, 1.82) is 0 Å². The fourth-order valence-electron chi connectivity index (χ4n) is 0. The van der Waals surface area contributed by atoms with E-state index in [9.17, 15) is 0 Å². The number of rotatable bonds is 0. The van der Waals surface area contributed by atoms with Crippen molar-refractivity contribution in [3.63, 3.8) is 0 Å². The minimum Gasteiger partial charge on any atom is -0.388 e. The molecule has 0 heterocycles. The zero-order valence-corrected chi connectivity index (χ0v) is 4.47. The minimum atomic E-state index is 0. The van der Waals surface area contributed by atoms with Crippen LogP contribution in [0.3, 0.4) is 0 Å². The van der Waals surface area contributed by atoms with Gasteiger partial charge < -0.3 is 4.74 Å². The molecule has 0 aliphatic rings. The average Bonchev–Trinajstić information content (AvgIpc) is 0.918. The second-order valence-electron chi connectivity index (χ2n) is 0.408. The molecule has 0 saturated carbocycles. The van der Waals surface area contributed by atoms with Crippen molar-refractivity contribution in [2.75, 3.05) is 14.2 Å². The van der Waals surface area contributed by atoms with Gasteiger partial charge in [-0.15, -0.1) is 0 Å². The molecule has 0 aromatic carbocycles. The van der Waals surface area contributed by atoms with Crippen molar-refractivity contribution in [2.45, 2.75) is 0 Å². The maximum atomic E-state index is 4.25. The first-order chi connectivity index (χ1) is 1.41. The zero-order valence-electron chi connectivity index (χ0n) is 2.91. The van der Waals surface area contributed by atoms with Gasteiger partial charge in [-0.25, -0.2) is 0 Å². The quantitative estimate of drug-likeness (QED) is 0.391. The summed E-state index contributed by atoms with van der Waals surface area (Å²) in [6, 6.07) is 0. The normalized spacial score (nSPS) is 4.50. The van der Waals surface area contributed by atoms with Gasteiger partial charge in [-0.1, -0.05) is 0 Å². The Morgan fingerprint density at radius 3 is 1.25 bits per heavy atom. The van der Waals surface area contributed by atoms with Crippen LogP contribution in [-0.2, 0) is 26.5 Å². The Kier molecular flexibility index (Phi) is 20.7. The maximum absolute atomic E-state index is 4.25. The average molecular weight is 93.9 g/mol. The molecule has 0 atom stereocenters. The van der Waals surface area contributed by atoms with Gasteiger partial charge in [-0.2, -0.15) is 0 Å². The van der Waals surface area contributed by atoms with Crippen LogP contribution in [0, 0.1) is 0 Å². The maximum Gasteiger partial charge on any atom is 4.00 e. The molecule has 0 aliphatic heterocycles. The molecule has 0 N–H and O–H groups in total. The number of methoxy groups -OCH3 is 1. The van der Waals surface area contributed by atoms with E-state index in [1.54, 1.807) is 14.2 Å². The van der Waals surface area contributed by atoms with Gasteiger partial charge in [-0.05, 0) is 0 Å². The summed E-state index contributed by atoms with van der Waals surface area (Å²) < 4.78 is 4.25. The van der Waals surface area contributed by atoms with E-state index in [-0.39, 0.29) is 21.7 Å². The standard InChI is InChI=1S/C2H6O.Ti/c1-3-2;/h1-2H3;/q;+4. The summed E-state index contributed by atoms with van der Waals surface area (Å²) in [7, 11) is 3.25. The molecule has 0 aliphatic carbocycles. The first kappa shape index (κ1) is 8.82. The SMILES string of the molecule is COC.[Ti+4]. The predicted octanol–water partition coefficient (Wildman–Crippen LogP) is 0.260. The third-order valence-corrected chi connectivity index (χ3v) is 0. The molecule has 0 saturated heterocycles. The van der Waals surface area contributed by atoms with Gasteiger partial charge >= 0.3 is 21.7 Å². The van der Waals surface area contributed by atoms with Crippen LogP contribution in [0.5, 0.6) is 0 Å². The first-order valence-corrected chi connectivity index (χ1v) is 0.816. The summed E-state index contributed by atoms with van der Waals surface area (Å²) in [4.78, 5) is 0. The molecule has 0 aromatic heterocycles. The molecule has 0 aromatic rings. The van der Waals surface area contributed by atoms with E-state index in [0.717, 1.165) is 0 Å². The zero-order chi connectivity index (χ0) is 2.71. The van der Waals surface area contributed by atoms with Crippen molar-refractivity contribution in [1.82, 2.24) is 0 Å². The van der Waals surface area contributed by atoms with Gasteiger partial charge in [0.25, 0.3) is 0 Å². The number of hydrogen-bond acceptors (Lipinski definition) is 1. The van der Waals surface area contributed by atoms with Crippen LogP contribution in [-0.4, -0.2) is 14.2 Å². The van der Waals surface area contributed by atoms with Crippen LogP contribution in [0.1, 0.15) is 0 Å². The van der Waals surface area contributed by atoms with Crippen molar-refractivity contribution in [3.8, 4) is 0 Å². The summed E-state index contributed by atoms with van der Waals surface area (Å²) >= 11 is 0. The second-order valence-corrected chi connectivity index (χ2v) is 0.408. The Balaban J connectivity index is 0. The molecule has 0 spiro atoms. The van der Waals surface area contributed by atoms with E-state index in [2.05, 4.69) is 4.74 Å². The molecule has 0 bridgehead atoms. The van der Waals surface area contributed by atoms with E-state index >= 15 is 0 Å². The molecule has 20 valence electrons. The molecule has 1 nitrogen and oxygen atoms in total. The smallest absolute Gasteiger partial charge is 0.388 e. The van der Waals surface area contributed by atoms with Crippen molar-refractivity contribution >= 4 is 0 Å². The van der Waals surface area contributed by atoms with Gasteiger partial charge in [0.05, 0.1) is 0 Å². The van der Waals surface area contributed by atoms with Crippen LogP contribution in [0.15, 0.2) is 0 Å². The Morgan fingerprint density at radius 2 is 1.25 bits per heavy atom. The van der Waals surface area contributed by atoms with E-state index in [1.165, 1.54) is 0 Å². The first-order valence-electron chi connectivity index (χ1n) is 0.816. The Hall–Kier alpha value is 0.674. The topological polar surface area (TPSA) is 9.23 Å². The van der Waals surface area contributed by atoms with Gasteiger partial charge in [0.15, 0.2) is 0 Å². The molecule has 0 rings (SSSR count). The Labute approximate surface area is 41.2 Å². The van der Waals surface area contributed by atoms with E-state index in [0.29, 0.717) is 0 Å². The fourth-order valence-corrected chi connectivity index (χ4v) is 0. The molecule has 0 fully saturated rings. The third kappa shape index (κ3) is 16.5. The minimum absolute atomic E-state index is 0. The monoisotopic (exact) mass is 94.0 g/mol. The summed E-state index contributed by atoms with van der Waals surface area (Å²) in [5.74, 6) is 0. The van der Waals surface area contributed by atoms with Gasteiger partial charge in [0, 0.05) is 14.2 Å². The van der Waals surface area contributed by atoms with Crippen LogP contribution in [0.4, 0.5) is 0 Å². The van der Waals surface area contributed by atoms with E-state index in [4.69, 9.17) is 0 Å². The number of ether oxygens (including phenoxy) is 1. The molecule has 0 unspecified atom stereocenters. The summed E-state index contributed by atoms with van der Waals surface area (Å²) in [5.41, 5.74) is 0. The summed E-state index contributed by atoms with van der Waals surface area (Å²) in [6.07, 6.45) is 0. The Bertz CT molecular complexity index is 6.00. The van der Waals surface area contributed by atoms with Crippen molar-refractivity contribution < 1.29 is 26.5 Å². The van der Waals surface area contributed by atoms with E-state index < -0.39 is 0 Å². The second kappa shape index (κ2) is 9.37. The molecular weight excluding hydrogens is 87.9 g/mol. The van der Waals surface area contributed by atoms with Gasteiger partial charge in [-0.3, -0.25) is 0 Å². The van der Waals surface area contributed by atoms with Crippen LogP contribution < -0.4 is 0 Å². The fraction of sp³-hybridized carbons (Fsp3) is 1.00. The molecule has 4 heavy (non-hydrogen) atoms. The largest absolute Gasteiger partial charge is 4.00 e. The molecule has 0 amide bonds. The number of hydrogen-bond donors (Lipinski definition) is 0. The molecule has 0 radical (unpaired) electrons. The van der Waals surface area contributed by atoms with E-state index in [1.807, 2.05) is 0 Å². The summed E-state index contributed by atoms with van der Waals surface area (Å²) in [6.45, 7) is 0. The van der Waals surface area contributed by atoms with Crippen molar-refractivity contribution in [2.24, 2.45) is 0 Å². The van der Waals surface area contributed by atoms with Gasteiger partial charge in [0.2, 0.25) is 0 Å². The van der Waals surface area contributed by atoms with Gasteiger partial charge in [0.1, 0.15) is 0 Å². The Morgan fingerprint density at radius 1 is 1.25 bits per heavy atom. The third-order valence-electron chi connectivity index (χ3n) is 0. The summed E-state index contributed by atoms with van der Waals surface area (Å²) in [5, 5.41) is 0. The van der Waals surface area contributed by atoms with Crippen LogP contribution >= 0.6 is 0 Å². The van der Waals surface area contributed by atoms with Crippen LogP contribution in [0.2, 0.25) is 0 Å². The molecular formula is C2H6OTi+4. The van der Waals surface area contributed by atoms with Crippen LogP contribution in [0.25, 0.3) is 0 Å². The molecule has 2 heteroatoms. The van der Waals surface area contributed by atoms with Crippen molar-refractivity contribution in [3.05, 3.63) is 0 Å².